The molecule has 1 rings (SSSR count). The first kappa shape index (κ1) is 13.2. The van der Waals surface area contributed by atoms with Crippen LogP contribution >= 0.6 is 0 Å². The zero-order chi connectivity index (χ0) is 11.0. The molecule has 0 atom stereocenters. The molecular weight excluding hydrogens is 176 g/mol. The van der Waals surface area contributed by atoms with E-state index in [4.69, 9.17) is 0 Å². The summed E-state index contributed by atoms with van der Waals surface area (Å²) in [4.78, 5) is 15.1. The second-order valence-electron chi connectivity index (χ2n) is 3.54. The van der Waals surface area contributed by atoms with Crippen LogP contribution in [0.5, 0.6) is 0 Å². The molecule has 0 unspecified atom stereocenters. The van der Waals surface area contributed by atoms with E-state index in [1.807, 2.05) is 4.90 Å². The standard InChI is InChI=1S/C8H14N2O.C3H8/c1-3-8(11)10-6-4-9(2)5-7-10;1-3-2/h3H,1,4-7H2,2H3;3H2,1-2H3. The van der Waals surface area contributed by atoms with Crippen LogP contribution in [0, 0.1) is 0 Å². The van der Waals surface area contributed by atoms with Gasteiger partial charge in [-0.15, -0.1) is 0 Å². The van der Waals surface area contributed by atoms with E-state index in [-0.39, 0.29) is 5.91 Å². The Bertz CT molecular complexity index is 172. The van der Waals surface area contributed by atoms with Gasteiger partial charge in [-0.1, -0.05) is 26.8 Å². The first-order valence-electron chi connectivity index (χ1n) is 5.25. The van der Waals surface area contributed by atoms with E-state index in [1.165, 1.54) is 12.5 Å². The highest BCUT2D eigenvalue weighted by Crippen LogP contribution is 1.99. The number of hydrogen-bond donors (Lipinski definition) is 0. The maximum Gasteiger partial charge on any atom is 0.246 e. The van der Waals surface area contributed by atoms with Crippen LogP contribution in [0.25, 0.3) is 0 Å². The summed E-state index contributed by atoms with van der Waals surface area (Å²) in [6.45, 7) is 11.3. The molecule has 82 valence electrons. The Hall–Kier alpha value is -0.830. The number of carbonyl (C=O) groups is 1. The molecule has 0 radical (unpaired) electrons. The Labute approximate surface area is 87.4 Å². The summed E-state index contributed by atoms with van der Waals surface area (Å²) in [6.07, 6.45) is 2.63. The number of nitrogens with zero attached hydrogens (tertiary/aromatic N) is 2. The predicted molar refractivity (Wildman–Crippen MR) is 60.2 cm³/mol. The second-order valence-corrected chi connectivity index (χ2v) is 3.54. The third kappa shape index (κ3) is 5.02. The van der Waals surface area contributed by atoms with Crippen LogP contribution in [0.4, 0.5) is 0 Å². The molecule has 0 aromatic rings. The van der Waals surface area contributed by atoms with Crippen LogP contribution in [0.15, 0.2) is 12.7 Å². The molecule has 0 bridgehead atoms. The molecule has 3 heteroatoms. The average Bonchev–Trinajstić information content (AvgIpc) is 2.19. The largest absolute Gasteiger partial charge is 0.337 e. The van der Waals surface area contributed by atoms with Crippen molar-refractivity contribution in [3.8, 4) is 0 Å². The predicted octanol–water partition coefficient (Wildman–Crippen LogP) is 1.36. The molecule has 0 aliphatic carbocycles. The molecule has 1 aliphatic rings. The molecule has 14 heavy (non-hydrogen) atoms. The average molecular weight is 198 g/mol. The van der Waals surface area contributed by atoms with Gasteiger partial charge < -0.3 is 9.80 Å². The number of piperazine rings is 1. The molecule has 0 aromatic heterocycles. The van der Waals surface area contributed by atoms with Crippen molar-refractivity contribution in [3.63, 3.8) is 0 Å². The van der Waals surface area contributed by atoms with Crippen LogP contribution in [0.3, 0.4) is 0 Å². The molecule has 0 aromatic carbocycles. The number of hydrogen-bond acceptors (Lipinski definition) is 2. The first-order chi connectivity index (χ1) is 6.65. The van der Waals surface area contributed by atoms with Crippen molar-refractivity contribution in [2.24, 2.45) is 0 Å². The van der Waals surface area contributed by atoms with E-state index in [0.717, 1.165) is 26.2 Å². The highest BCUT2D eigenvalue weighted by atomic mass is 16.2. The molecule has 1 heterocycles. The van der Waals surface area contributed by atoms with Gasteiger partial charge in [0.2, 0.25) is 5.91 Å². The Kier molecular flexibility index (Phi) is 7.11. The summed E-state index contributed by atoms with van der Waals surface area (Å²) in [6, 6.07) is 0. The number of amides is 1. The molecule has 0 N–H and O–H groups in total. The highest BCUT2D eigenvalue weighted by molar-refractivity contribution is 5.87. The quantitative estimate of drug-likeness (QED) is 0.594. The van der Waals surface area contributed by atoms with Crippen molar-refractivity contribution >= 4 is 5.91 Å². The number of rotatable bonds is 1. The van der Waals surface area contributed by atoms with Gasteiger partial charge in [-0.2, -0.15) is 0 Å². The van der Waals surface area contributed by atoms with Crippen LogP contribution < -0.4 is 0 Å². The summed E-state index contributed by atoms with van der Waals surface area (Å²) < 4.78 is 0. The van der Waals surface area contributed by atoms with Gasteiger partial charge in [0, 0.05) is 26.2 Å². The van der Waals surface area contributed by atoms with E-state index in [1.54, 1.807) is 0 Å². The van der Waals surface area contributed by atoms with E-state index < -0.39 is 0 Å². The Morgan fingerprint density at radius 2 is 1.71 bits per heavy atom. The van der Waals surface area contributed by atoms with Gasteiger partial charge in [0.05, 0.1) is 0 Å². The highest BCUT2D eigenvalue weighted by Gasteiger charge is 2.15. The van der Waals surface area contributed by atoms with Crippen molar-refractivity contribution in [2.45, 2.75) is 20.3 Å². The lowest BCUT2D eigenvalue weighted by molar-refractivity contribution is -0.127. The van der Waals surface area contributed by atoms with Gasteiger partial charge in [0.25, 0.3) is 0 Å². The van der Waals surface area contributed by atoms with Crippen molar-refractivity contribution in [1.82, 2.24) is 9.80 Å². The van der Waals surface area contributed by atoms with Crippen molar-refractivity contribution in [1.29, 1.82) is 0 Å². The number of carbonyl (C=O) groups excluding carboxylic acids is 1. The lowest BCUT2D eigenvalue weighted by Gasteiger charge is -2.31. The molecule has 3 nitrogen and oxygen atoms in total. The van der Waals surface area contributed by atoms with E-state index in [9.17, 15) is 4.79 Å². The molecular formula is C11H22N2O. The third-order valence-electron chi connectivity index (χ3n) is 1.99. The summed E-state index contributed by atoms with van der Waals surface area (Å²) >= 11 is 0. The minimum absolute atomic E-state index is 0.0538. The minimum Gasteiger partial charge on any atom is -0.337 e. The first-order valence-corrected chi connectivity index (χ1v) is 5.25. The lowest BCUT2D eigenvalue weighted by Crippen LogP contribution is -2.46. The zero-order valence-corrected chi connectivity index (χ0v) is 9.62. The SMILES string of the molecule is C=CC(=O)N1CCN(C)CC1.CCC. The Morgan fingerprint density at radius 3 is 2.07 bits per heavy atom. The Balaban J connectivity index is 0.000000500. The van der Waals surface area contributed by atoms with Crippen LogP contribution in [-0.4, -0.2) is 48.9 Å². The fourth-order valence-corrected chi connectivity index (χ4v) is 1.16. The summed E-state index contributed by atoms with van der Waals surface area (Å²) in [5.74, 6) is 0.0538. The topological polar surface area (TPSA) is 23.6 Å². The summed E-state index contributed by atoms with van der Waals surface area (Å²) in [5.41, 5.74) is 0. The summed E-state index contributed by atoms with van der Waals surface area (Å²) in [7, 11) is 2.07. The number of likely N-dealkylation sites (N-methyl/N-ethyl adjacent to an activating group) is 1. The van der Waals surface area contributed by atoms with Gasteiger partial charge in [0.1, 0.15) is 0 Å². The molecule has 0 spiro atoms. The Morgan fingerprint density at radius 1 is 1.29 bits per heavy atom. The molecule has 1 aliphatic heterocycles. The maximum atomic E-state index is 11.1. The molecule has 1 fully saturated rings. The van der Waals surface area contributed by atoms with Crippen LogP contribution in [-0.2, 0) is 4.79 Å². The van der Waals surface area contributed by atoms with Crippen molar-refractivity contribution < 1.29 is 4.79 Å². The van der Waals surface area contributed by atoms with E-state index >= 15 is 0 Å². The van der Waals surface area contributed by atoms with Crippen LogP contribution in [0.1, 0.15) is 20.3 Å². The monoisotopic (exact) mass is 198 g/mol. The molecule has 0 saturated carbocycles. The summed E-state index contributed by atoms with van der Waals surface area (Å²) in [5, 5.41) is 0. The maximum absolute atomic E-state index is 11.1. The van der Waals surface area contributed by atoms with Crippen LogP contribution in [0.2, 0.25) is 0 Å². The van der Waals surface area contributed by atoms with Gasteiger partial charge in [-0.05, 0) is 13.1 Å². The van der Waals surface area contributed by atoms with E-state index in [0.29, 0.717) is 0 Å². The minimum atomic E-state index is 0.0538. The van der Waals surface area contributed by atoms with Gasteiger partial charge in [0.15, 0.2) is 0 Å². The van der Waals surface area contributed by atoms with E-state index in [2.05, 4.69) is 32.4 Å². The van der Waals surface area contributed by atoms with Crippen molar-refractivity contribution in [2.75, 3.05) is 33.2 Å². The van der Waals surface area contributed by atoms with Gasteiger partial charge >= 0.3 is 0 Å². The fraction of sp³-hybridized carbons (Fsp3) is 0.727. The molecule has 1 saturated heterocycles. The fourth-order valence-electron chi connectivity index (χ4n) is 1.16. The smallest absolute Gasteiger partial charge is 0.246 e. The second kappa shape index (κ2) is 7.56. The molecule has 1 amide bonds. The van der Waals surface area contributed by atoms with Gasteiger partial charge in [-0.25, -0.2) is 0 Å². The zero-order valence-electron chi connectivity index (χ0n) is 9.62. The van der Waals surface area contributed by atoms with Gasteiger partial charge in [-0.3, -0.25) is 4.79 Å². The lowest BCUT2D eigenvalue weighted by atomic mass is 10.3. The van der Waals surface area contributed by atoms with Crippen molar-refractivity contribution in [3.05, 3.63) is 12.7 Å². The third-order valence-corrected chi connectivity index (χ3v) is 1.99. The normalized spacial score (nSPS) is 16.9.